The van der Waals surface area contributed by atoms with Gasteiger partial charge >= 0.3 is 0 Å². The molecule has 1 aliphatic heterocycles. The molecule has 0 radical (unpaired) electrons. The quantitative estimate of drug-likeness (QED) is 0.937. The summed E-state index contributed by atoms with van der Waals surface area (Å²) in [6, 6.07) is 9.52. The van der Waals surface area contributed by atoms with Gasteiger partial charge in [0.25, 0.3) is 0 Å². The highest BCUT2D eigenvalue weighted by molar-refractivity contribution is 7.07. The van der Waals surface area contributed by atoms with Crippen LogP contribution in [0.15, 0.2) is 41.1 Å². The Labute approximate surface area is 141 Å². The molecule has 0 saturated carbocycles. The van der Waals surface area contributed by atoms with E-state index in [4.69, 9.17) is 0 Å². The highest BCUT2D eigenvalue weighted by Gasteiger charge is 2.24. The molecule has 1 N–H and O–H groups in total. The molecule has 5 heteroatoms. The minimum absolute atomic E-state index is 0.137. The van der Waals surface area contributed by atoms with Gasteiger partial charge in [-0.2, -0.15) is 11.3 Å². The Hall–Kier alpha value is -1.85. The number of rotatable bonds is 4. The van der Waals surface area contributed by atoms with Gasteiger partial charge in [-0.15, -0.1) is 0 Å². The summed E-state index contributed by atoms with van der Waals surface area (Å²) >= 11 is 1.73. The van der Waals surface area contributed by atoms with Crippen molar-refractivity contribution in [2.45, 2.75) is 19.4 Å². The van der Waals surface area contributed by atoms with E-state index in [1.807, 2.05) is 11.0 Å². The van der Waals surface area contributed by atoms with Crippen LogP contribution in [0.1, 0.15) is 24.1 Å². The monoisotopic (exact) mass is 330 g/mol. The number of phenols is 1. The Morgan fingerprint density at radius 2 is 2.04 bits per heavy atom. The molecule has 0 spiro atoms. The summed E-state index contributed by atoms with van der Waals surface area (Å²) in [4.78, 5) is 16.8. The second-order valence-corrected chi connectivity index (χ2v) is 6.78. The summed E-state index contributed by atoms with van der Waals surface area (Å²) in [6.07, 6.45) is 0.356. The van der Waals surface area contributed by atoms with Crippen molar-refractivity contribution in [3.8, 4) is 5.75 Å². The third kappa shape index (κ3) is 3.92. The number of carbonyl (C=O) groups is 1. The van der Waals surface area contributed by atoms with E-state index in [-0.39, 0.29) is 11.7 Å². The normalized spacial score (nSPS) is 17.2. The van der Waals surface area contributed by atoms with Gasteiger partial charge in [-0.05, 0) is 47.0 Å². The first-order valence-corrected chi connectivity index (χ1v) is 8.89. The first kappa shape index (κ1) is 16.0. The number of nitrogens with zero attached hydrogens (tertiary/aromatic N) is 2. The van der Waals surface area contributed by atoms with Gasteiger partial charge in [-0.1, -0.05) is 12.1 Å². The fraction of sp³-hybridized carbons (Fsp3) is 0.389. The first-order chi connectivity index (χ1) is 11.1. The summed E-state index contributed by atoms with van der Waals surface area (Å²) in [6.45, 7) is 5.58. The van der Waals surface area contributed by atoms with Crippen molar-refractivity contribution in [1.29, 1.82) is 0 Å². The molecule has 122 valence electrons. The molecule has 1 fully saturated rings. The van der Waals surface area contributed by atoms with Crippen molar-refractivity contribution in [2.75, 3.05) is 26.2 Å². The third-order valence-corrected chi connectivity index (χ3v) is 5.21. The molecule has 1 atom stereocenters. The average molecular weight is 330 g/mol. The fourth-order valence-corrected chi connectivity index (χ4v) is 3.78. The number of carbonyl (C=O) groups excluding carboxylic acids is 1. The maximum atomic E-state index is 12.4. The zero-order chi connectivity index (χ0) is 16.2. The number of piperazine rings is 1. The Balaban J connectivity index is 1.53. The van der Waals surface area contributed by atoms with E-state index in [9.17, 15) is 9.90 Å². The Bertz CT molecular complexity index is 649. The molecule has 1 aromatic carbocycles. The zero-order valence-corrected chi connectivity index (χ0v) is 14.1. The number of benzene rings is 1. The van der Waals surface area contributed by atoms with E-state index in [0.717, 1.165) is 31.7 Å². The Kier molecular flexibility index (Phi) is 4.98. The summed E-state index contributed by atoms with van der Waals surface area (Å²) < 4.78 is 0. The number of aromatic hydroxyl groups is 1. The van der Waals surface area contributed by atoms with Gasteiger partial charge in [0.15, 0.2) is 0 Å². The summed E-state index contributed by atoms with van der Waals surface area (Å²) in [5, 5.41) is 13.8. The minimum atomic E-state index is 0.137. The minimum Gasteiger partial charge on any atom is -0.508 e. The molecule has 1 aliphatic rings. The highest BCUT2D eigenvalue weighted by atomic mass is 32.1. The van der Waals surface area contributed by atoms with Crippen molar-refractivity contribution in [3.63, 3.8) is 0 Å². The standard InChI is InChI=1S/C18H22N2O2S/c1-14(16-5-10-23-13-16)19-6-8-20(9-7-19)18(22)12-15-3-2-4-17(21)11-15/h2-5,10-11,13-14,21H,6-9,12H2,1H3. The van der Waals surface area contributed by atoms with Gasteiger partial charge in [0.1, 0.15) is 5.75 Å². The van der Waals surface area contributed by atoms with Crippen LogP contribution in [0.3, 0.4) is 0 Å². The molecule has 2 aromatic rings. The molecule has 23 heavy (non-hydrogen) atoms. The van der Waals surface area contributed by atoms with Crippen LogP contribution in [-0.2, 0) is 11.2 Å². The predicted octanol–water partition coefficient (Wildman–Crippen LogP) is 2.90. The predicted molar refractivity (Wildman–Crippen MR) is 92.7 cm³/mol. The maximum absolute atomic E-state index is 12.4. The number of amides is 1. The van der Waals surface area contributed by atoms with Gasteiger partial charge in [-0.25, -0.2) is 0 Å². The smallest absolute Gasteiger partial charge is 0.227 e. The van der Waals surface area contributed by atoms with Crippen LogP contribution in [0.5, 0.6) is 5.75 Å². The van der Waals surface area contributed by atoms with E-state index >= 15 is 0 Å². The van der Waals surface area contributed by atoms with E-state index in [0.29, 0.717) is 12.5 Å². The summed E-state index contributed by atoms with van der Waals surface area (Å²) in [7, 11) is 0. The molecule has 1 aromatic heterocycles. The number of phenolic OH excluding ortho intramolecular Hbond substituents is 1. The summed E-state index contributed by atoms with van der Waals surface area (Å²) in [5.74, 6) is 0.350. The molecular weight excluding hydrogens is 308 g/mol. The van der Waals surface area contributed by atoms with Gasteiger partial charge in [-0.3, -0.25) is 9.69 Å². The molecule has 0 bridgehead atoms. The number of hydrogen-bond acceptors (Lipinski definition) is 4. The van der Waals surface area contributed by atoms with Crippen molar-refractivity contribution in [2.24, 2.45) is 0 Å². The van der Waals surface area contributed by atoms with E-state index in [1.54, 1.807) is 29.5 Å². The lowest BCUT2D eigenvalue weighted by Gasteiger charge is -2.38. The average Bonchev–Trinajstić information content (AvgIpc) is 3.09. The largest absolute Gasteiger partial charge is 0.508 e. The van der Waals surface area contributed by atoms with Crippen molar-refractivity contribution >= 4 is 17.2 Å². The van der Waals surface area contributed by atoms with Crippen molar-refractivity contribution < 1.29 is 9.90 Å². The van der Waals surface area contributed by atoms with Gasteiger partial charge in [0.05, 0.1) is 6.42 Å². The van der Waals surface area contributed by atoms with Crippen LogP contribution >= 0.6 is 11.3 Å². The lowest BCUT2D eigenvalue weighted by atomic mass is 10.1. The molecule has 4 nitrogen and oxygen atoms in total. The van der Waals surface area contributed by atoms with Crippen LogP contribution in [-0.4, -0.2) is 47.0 Å². The lowest BCUT2D eigenvalue weighted by Crippen LogP contribution is -2.49. The number of thiophene rings is 1. The maximum Gasteiger partial charge on any atom is 0.227 e. The van der Waals surface area contributed by atoms with Crippen molar-refractivity contribution in [3.05, 3.63) is 52.2 Å². The molecule has 1 amide bonds. The molecule has 2 heterocycles. The number of hydrogen-bond donors (Lipinski definition) is 1. The first-order valence-electron chi connectivity index (χ1n) is 7.95. The highest BCUT2D eigenvalue weighted by Crippen LogP contribution is 2.23. The van der Waals surface area contributed by atoms with Crippen LogP contribution in [0, 0.1) is 0 Å². The topological polar surface area (TPSA) is 43.8 Å². The van der Waals surface area contributed by atoms with E-state index < -0.39 is 0 Å². The van der Waals surface area contributed by atoms with Crippen LogP contribution in [0.2, 0.25) is 0 Å². The second-order valence-electron chi connectivity index (χ2n) is 6.00. The van der Waals surface area contributed by atoms with E-state index in [2.05, 4.69) is 28.7 Å². The lowest BCUT2D eigenvalue weighted by molar-refractivity contribution is -0.132. The third-order valence-electron chi connectivity index (χ3n) is 4.51. The molecule has 1 saturated heterocycles. The van der Waals surface area contributed by atoms with Crippen molar-refractivity contribution in [1.82, 2.24) is 9.80 Å². The molecule has 0 aliphatic carbocycles. The van der Waals surface area contributed by atoms with Crippen LogP contribution < -0.4 is 0 Å². The Morgan fingerprint density at radius 1 is 1.26 bits per heavy atom. The van der Waals surface area contributed by atoms with Gasteiger partial charge in [0, 0.05) is 32.2 Å². The van der Waals surface area contributed by atoms with Gasteiger partial charge < -0.3 is 10.0 Å². The zero-order valence-electron chi connectivity index (χ0n) is 13.3. The Morgan fingerprint density at radius 3 is 2.70 bits per heavy atom. The fourth-order valence-electron chi connectivity index (χ4n) is 3.04. The SMILES string of the molecule is CC(c1ccsc1)N1CCN(C(=O)Cc2cccc(O)c2)CC1. The van der Waals surface area contributed by atoms with E-state index in [1.165, 1.54) is 5.56 Å². The summed E-state index contributed by atoms with van der Waals surface area (Å²) in [5.41, 5.74) is 2.22. The van der Waals surface area contributed by atoms with Crippen LogP contribution in [0.4, 0.5) is 0 Å². The second kappa shape index (κ2) is 7.15. The molecule has 3 rings (SSSR count). The molecular formula is C18H22N2O2S. The van der Waals surface area contributed by atoms with Crippen LogP contribution in [0.25, 0.3) is 0 Å². The van der Waals surface area contributed by atoms with Gasteiger partial charge in [0.2, 0.25) is 5.91 Å². The molecule has 1 unspecified atom stereocenters.